The molecule has 112 valence electrons. The van der Waals surface area contributed by atoms with Gasteiger partial charge < -0.3 is 9.32 Å². The minimum atomic E-state index is -0.135. The Labute approximate surface area is 132 Å². The molecule has 3 heterocycles. The number of amides is 1. The molecule has 1 atom stereocenters. The summed E-state index contributed by atoms with van der Waals surface area (Å²) in [5.74, 6) is 0.939. The number of thiophene rings is 1. The Kier molecular flexibility index (Phi) is 4.63. The molecule has 21 heavy (non-hydrogen) atoms. The van der Waals surface area contributed by atoms with Gasteiger partial charge in [-0.3, -0.25) is 10.1 Å². The quantitative estimate of drug-likeness (QED) is 0.918. The highest BCUT2D eigenvalue weighted by atomic mass is 35.5. The monoisotopic (exact) mass is 324 g/mol. The van der Waals surface area contributed by atoms with Gasteiger partial charge in [0.2, 0.25) is 5.91 Å². The standard InChI is InChI=1S/C15H17ClN2O2S/c16-13-6-5-12(21-13)15(11-4-3-9-20-11)17-10-14(19)18-7-1-2-8-18/h3-6,9,15,17H,1-2,7-8,10H2. The molecule has 0 saturated carbocycles. The van der Waals surface area contributed by atoms with Crippen molar-refractivity contribution in [2.45, 2.75) is 18.9 Å². The van der Waals surface area contributed by atoms with E-state index in [1.807, 2.05) is 29.2 Å². The first kappa shape index (κ1) is 14.6. The van der Waals surface area contributed by atoms with Crippen LogP contribution in [0.1, 0.15) is 29.5 Å². The minimum Gasteiger partial charge on any atom is -0.467 e. The van der Waals surface area contributed by atoms with E-state index in [1.165, 1.54) is 11.3 Å². The summed E-state index contributed by atoms with van der Waals surface area (Å²) >= 11 is 7.51. The second-order valence-electron chi connectivity index (χ2n) is 5.06. The van der Waals surface area contributed by atoms with Crippen LogP contribution < -0.4 is 5.32 Å². The lowest BCUT2D eigenvalue weighted by atomic mass is 10.2. The topological polar surface area (TPSA) is 45.5 Å². The maximum absolute atomic E-state index is 12.2. The molecule has 6 heteroatoms. The fraction of sp³-hybridized carbons (Fsp3) is 0.400. The molecule has 0 aliphatic carbocycles. The summed E-state index contributed by atoms with van der Waals surface area (Å²) in [5, 5.41) is 3.30. The number of hydrogen-bond donors (Lipinski definition) is 1. The third kappa shape index (κ3) is 3.48. The van der Waals surface area contributed by atoms with Crippen LogP contribution in [-0.4, -0.2) is 30.4 Å². The molecular formula is C15H17ClN2O2S. The molecule has 1 aliphatic heterocycles. The molecular weight excluding hydrogens is 308 g/mol. The molecule has 4 nitrogen and oxygen atoms in total. The molecule has 0 bridgehead atoms. The van der Waals surface area contributed by atoms with Crippen LogP contribution in [0, 0.1) is 0 Å². The van der Waals surface area contributed by atoms with Gasteiger partial charge in [-0.2, -0.15) is 0 Å². The number of rotatable bonds is 5. The van der Waals surface area contributed by atoms with E-state index in [-0.39, 0.29) is 11.9 Å². The Morgan fingerprint density at radius 1 is 1.38 bits per heavy atom. The molecule has 1 amide bonds. The van der Waals surface area contributed by atoms with Crippen molar-refractivity contribution in [3.63, 3.8) is 0 Å². The normalized spacial score (nSPS) is 16.3. The summed E-state index contributed by atoms with van der Waals surface area (Å²) in [6.07, 6.45) is 3.85. The van der Waals surface area contributed by atoms with E-state index in [0.717, 1.165) is 40.9 Å². The van der Waals surface area contributed by atoms with Gasteiger partial charge in [0.05, 0.1) is 17.1 Å². The van der Waals surface area contributed by atoms with Gasteiger partial charge in [-0.05, 0) is 37.1 Å². The predicted octanol–water partition coefficient (Wildman–Crippen LogP) is 3.30. The summed E-state index contributed by atoms with van der Waals surface area (Å²) in [4.78, 5) is 15.1. The zero-order valence-electron chi connectivity index (χ0n) is 11.5. The van der Waals surface area contributed by atoms with E-state index in [0.29, 0.717) is 6.54 Å². The summed E-state index contributed by atoms with van der Waals surface area (Å²) in [6, 6.07) is 7.45. The highest BCUT2D eigenvalue weighted by molar-refractivity contribution is 7.16. The molecule has 1 saturated heterocycles. The number of furan rings is 1. The van der Waals surface area contributed by atoms with Gasteiger partial charge in [0.25, 0.3) is 0 Å². The van der Waals surface area contributed by atoms with E-state index in [9.17, 15) is 4.79 Å². The number of nitrogens with one attached hydrogen (secondary N) is 1. The van der Waals surface area contributed by atoms with Gasteiger partial charge in [0, 0.05) is 18.0 Å². The largest absolute Gasteiger partial charge is 0.467 e. The smallest absolute Gasteiger partial charge is 0.236 e. The van der Waals surface area contributed by atoms with Crippen molar-refractivity contribution in [3.8, 4) is 0 Å². The van der Waals surface area contributed by atoms with Crippen LogP contribution in [0.3, 0.4) is 0 Å². The number of halogens is 1. The molecule has 2 aromatic rings. The van der Waals surface area contributed by atoms with Crippen LogP contribution in [0.5, 0.6) is 0 Å². The third-order valence-corrected chi connectivity index (χ3v) is 4.92. The molecule has 2 aromatic heterocycles. The fourth-order valence-corrected chi connectivity index (χ4v) is 3.69. The van der Waals surface area contributed by atoms with Crippen LogP contribution in [0.4, 0.5) is 0 Å². The van der Waals surface area contributed by atoms with Gasteiger partial charge in [0.1, 0.15) is 11.8 Å². The fourth-order valence-electron chi connectivity index (χ4n) is 2.55. The van der Waals surface area contributed by atoms with E-state index >= 15 is 0 Å². The Balaban J connectivity index is 1.69. The van der Waals surface area contributed by atoms with E-state index in [4.69, 9.17) is 16.0 Å². The Morgan fingerprint density at radius 3 is 2.81 bits per heavy atom. The average Bonchev–Trinajstić information content (AvgIpc) is 3.21. The summed E-state index contributed by atoms with van der Waals surface area (Å²) < 4.78 is 6.22. The van der Waals surface area contributed by atoms with Crippen LogP contribution in [-0.2, 0) is 4.79 Å². The van der Waals surface area contributed by atoms with Gasteiger partial charge in [0.15, 0.2) is 0 Å². The van der Waals surface area contributed by atoms with Crippen molar-refractivity contribution in [1.29, 1.82) is 0 Å². The molecule has 1 N–H and O–H groups in total. The van der Waals surface area contributed by atoms with E-state index in [1.54, 1.807) is 6.26 Å². The van der Waals surface area contributed by atoms with Crippen molar-refractivity contribution >= 4 is 28.8 Å². The average molecular weight is 325 g/mol. The Bertz CT molecular complexity index is 591. The van der Waals surface area contributed by atoms with Gasteiger partial charge in [-0.15, -0.1) is 11.3 Å². The third-order valence-electron chi connectivity index (χ3n) is 3.62. The molecule has 3 rings (SSSR count). The second kappa shape index (κ2) is 6.64. The summed E-state index contributed by atoms with van der Waals surface area (Å²) in [6.45, 7) is 2.05. The molecule has 1 aliphatic rings. The lowest BCUT2D eigenvalue weighted by Gasteiger charge is -2.19. The second-order valence-corrected chi connectivity index (χ2v) is 6.81. The molecule has 1 unspecified atom stereocenters. The van der Waals surface area contributed by atoms with Gasteiger partial charge in [-0.1, -0.05) is 11.6 Å². The van der Waals surface area contributed by atoms with E-state index in [2.05, 4.69) is 5.32 Å². The molecule has 0 spiro atoms. The summed E-state index contributed by atoms with van der Waals surface area (Å²) in [5.41, 5.74) is 0. The number of nitrogens with zero attached hydrogens (tertiary/aromatic N) is 1. The maximum Gasteiger partial charge on any atom is 0.236 e. The first-order valence-corrected chi connectivity index (χ1v) is 8.23. The first-order chi connectivity index (χ1) is 10.2. The lowest BCUT2D eigenvalue weighted by molar-refractivity contribution is -0.129. The van der Waals surface area contributed by atoms with E-state index < -0.39 is 0 Å². The Morgan fingerprint density at radius 2 is 2.19 bits per heavy atom. The SMILES string of the molecule is O=C(CNC(c1ccco1)c1ccc(Cl)s1)N1CCCC1. The lowest BCUT2D eigenvalue weighted by Crippen LogP contribution is -2.37. The molecule has 0 aromatic carbocycles. The van der Waals surface area contributed by atoms with Crippen LogP contribution >= 0.6 is 22.9 Å². The Hall–Kier alpha value is -1.30. The van der Waals surface area contributed by atoms with Crippen molar-refractivity contribution in [3.05, 3.63) is 45.5 Å². The number of likely N-dealkylation sites (tertiary alicyclic amines) is 1. The highest BCUT2D eigenvalue weighted by Gasteiger charge is 2.22. The number of hydrogen-bond acceptors (Lipinski definition) is 4. The predicted molar refractivity (Wildman–Crippen MR) is 83.7 cm³/mol. The molecule has 1 fully saturated rings. The first-order valence-electron chi connectivity index (χ1n) is 7.04. The summed E-state index contributed by atoms with van der Waals surface area (Å²) in [7, 11) is 0. The maximum atomic E-state index is 12.2. The van der Waals surface area contributed by atoms with Crippen LogP contribution in [0.2, 0.25) is 4.34 Å². The highest BCUT2D eigenvalue weighted by Crippen LogP contribution is 2.31. The van der Waals surface area contributed by atoms with Crippen molar-refractivity contribution < 1.29 is 9.21 Å². The van der Waals surface area contributed by atoms with Crippen molar-refractivity contribution in [2.24, 2.45) is 0 Å². The van der Waals surface area contributed by atoms with Crippen LogP contribution in [0.15, 0.2) is 34.9 Å². The zero-order chi connectivity index (χ0) is 14.7. The van der Waals surface area contributed by atoms with Gasteiger partial charge >= 0.3 is 0 Å². The van der Waals surface area contributed by atoms with Crippen molar-refractivity contribution in [1.82, 2.24) is 10.2 Å². The molecule has 0 radical (unpaired) electrons. The minimum absolute atomic E-state index is 0.135. The number of carbonyl (C=O) groups excluding carboxylic acids is 1. The van der Waals surface area contributed by atoms with Crippen molar-refractivity contribution in [2.75, 3.05) is 19.6 Å². The number of carbonyl (C=O) groups is 1. The van der Waals surface area contributed by atoms with Gasteiger partial charge in [-0.25, -0.2) is 0 Å². The zero-order valence-corrected chi connectivity index (χ0v) is 13.1. The van der Waals surface area contributed by atoms with Crippen LogP contribution in [0.25, 0.3) is 0 Å².